The van der Waals surface area contributed by atoms with E-state index < -0.39 is 0 Å². The van der Waals surface area contributed by atoms with E-state index in [2.05, 4.69) is 10.4 Å². The number of benzene rings is 1. The minimum absolute atomic E-state index is 0.0397. The Morgan fingerprint density at radius 2 is 1.64 bits per heavy atom. The fourth-order valence-corrected chi connectivity index (χ4v) is 6.20. The number of halogens is 1. The maximum Gasteiger partial charge on any atom is 0.267 e. The minimum atomic E-state index is -0.265. The lowest BCUT2D eigenvalue weighted by Gasteiger charge is -2.56. The third-order valence-corrected chi connectivity index (χ3v) is 6.99. The molecule has 4 aliphatic rings. The summed E-state index contributed by atoms with van der Waals surface area (Å²) in [6, 6.07) is 10.4. The highest BCUT2D eigenvalue weighted by atomic mass is 35.5. The van der Waals surface area contributed by atoms with Gasteiger partial charge in [0.15, 0.2) is 0 Å². The third kappa shape index (κ3) is 3.37. The summed E-state index contributed by atoms with van der Waals surface area (Å²) in [5.41, 5.74) is 1.19. The Morgan fingerprint density at radius 1 is 1.04 bits per heavy atom. The average molecular weight is 398 g/mol. The summed E-state index contributed by atoms with van der Waals surface area (Å²) in [7, 11) is 0. The summed E-state index contributed by atoms with van der Waals surface area (Å²) < 4.78 is 1.26. The van der Waals surface area contributed by atoms with Crippen molar-refractivity contribution in [2.24, 2.45) is 17.8 Å². The first kappa shape index (κ1) is 17.9. The van der Waals surface area contributed by atoms with Crippen LogP contribution in [0.15, 0.2) is 41.2 Å². The number of nitrogens with zero attached hydrogens (tertiary/aromatic N) is 2. The van der Waals surface area contributed by atoms with Crippen molar-refractivity contribution in [2.75, 3.05) is 0 Å². The van der Waals surface area contributed by atoms with Gasteiger partial charge in [0.2, 0.25) is 5.91 Å². The van der Waals surface area contributed by atoms with E-state index in [0.717, 1.165) is 42.6 Å². The number of nitrogens with one attached hydrogen (secondary N) is 1. The Labute approximate surface area is 169 Å². The van der Waals surface area contributed by atoms with Crippen LogP contribution in [-0.2, 0) is 11.3 Å². The van der Waals surface area contributed by atoms with Crippen molar-refractivity contribution < 1.29 is 4.79 Å². The van der Waals surface area contributed by atoms with Gasteiger partial charge in [-0.15, -0.1) is 0 Å². The van der Waals surface area contributed by atoms with Gasteiger partial charge in [-0.05, 0) is 74.5 Å². The first-order chi connectivity index (χ1) is 13.5. The van der Waals surface area contributed by atoms with E-state index in [-0.39, 0.29) is 23.6 Å². The van der Waals surface area contributed by atoms with Gasteiger partial charge in [0, 0.05) is 22.2 Å². The zero-order valence-electron chi connectivity index (χ0n) is 15.7. The van der Waals surface area contributed by atoms with Crippen LogP contribution in [0.25, 0.3) is 11.3 Å². The molecule has 1 aromatic carbocycles. The molecule has 28 heavy (non-hydrogen) atoms. The highest BCUT2D eigenvalue weighted by molar-refractivity contribution is 6.30. The lowest BCUT2D eigenvalue weighted by Crippen LogP contribution is -2.60. The second kappa shape index (κ2) is 6.73. The fraction of sp³-hybridized carbons (Fsp3) is 0.500. The number of hydrogen-bond donors (Lipinski definition) is 1. The van der Waals surface area contributed by atoms with Gasteiger partial charge < -0.3 is 5.32 Å². The van der Waals surface area contributed by atoms with Crippen molar-refractivity contribution >= 4 is 17.5 Å². The Morgan fingerprint density at radius 3 is 2.25 bits per heavy atom. The van der Waals surface area contributed by atoms with Crippen LogP contribution in [0.1, 0.15) is 38.5 Å². The van der Waals surface area contributed by atoms with Crippen LogP contribution in [-0.4, -0.2) is 21.2 Å². The summed E-state index contributed by atoms with van der Waals surface area (Å²) in [5, 5.41) is 8.36. The lowest BCUT2D eigenvalue weighted by atomic mass is 9.53. The van der Waals surface area contributed by atoms with Gasteiger partial charge >= 0.3 is 0 Å². The highest BCUT2D eigenvalue weighted by Gasteiger charge is 2.51. The molecular formula is C22H24ClN3O2. The van der Waals surface area contributed by atoms with Crippen molar-refractivity contribution in [1.82, 2.24) is 15.1 Å². The Balaban J connectivity index is 1.33. The number of amides is 1. The number of carbonyl (C=O) groups is 1. The van der Waals surface area contributed by atoms with E-state index in [1.165, 1.54) is 30.0 Å². The molecule has 0 atom stereocenters. The maximum atomic E-state index is 12.8. The molecule has 6 heteroatoms. The zero-order chi connectivity index (χ0) is 19.3. The molecule has 4 aliphatic carbocycles. The first-order valence-electron chi connectivity index (χ1n) is 10.1. The molecular weight excluding hydrogens is 374 g/mol. The number of carbonyl (C=O) groups excluding carboxylic acids is 1. The molecule has 0 spiro atoms. The van der Waals surface area contributed by atoms with Crippen molar-refractivity contribution in [1.29, 1.82) is 0 Å². The minimum Gasteiger partial charge on any atom is -0.349 e. The molecule has 1 amide bonds. The monoisotopic (exact) mass is 397 g/mol. The van der Waals surface area contributed by atoms with Crippen LogP contribution in [0.4, 0.5) is 0 Å². The summed E-state index contributed by atoms with van der Waals surface area (Å²) in [5.74, 6) is 2.19. The van der Waals surface area contributed by atoms with E-state index in [4.69, 9.17) is 11.6 Å². The molecule has 4 fully saturated rings. The standard InChI is InChI=1S/C22H24ClN3O2/c23-18-3-1-17(2-4-18)19-5-6-21(28)26(25-19)13-20(27)24-22-10-14-7-15(11-22)9-16(8-14)12-22/h1-6,14-16H,7-13H2,(H,24,27). The van der Waals surface area contributed by atoms with Crippen LogP contribution in [0.3, 0.4) is 0 Å². The van der Waals surface area contributed by atoms with Crippen molar-refractivity contribution in [3.8, 4) is 11.3 Å². The van der Waals surface area contributed by atoms with Crippen LogP contribution < -0.4 is 10.9 Å². The summed E-state index contributed by atoms with van der Waals surface area (Å²) >= 11 is 5.94. The summed E-state index contributed by atoms with van der Waals surface area (Å²) in [4.78, 5) is 25.1. The number of hydrogen-bond acceptors (Lipinski definition) is 3. The molecule has 4 saturated carbocycles. The topological polar surface area (TPSA) is 64.0 Å². The van der Waals surface area contributed by atoms with Crippen LogP contribution in [0.5, 0.6) is 0 Å². The molecule has 0 saturated heterocycles. The molecule has 5 nitrogen and oxygen atoms in total. The normalized spacial score (nSPS) is 30.4. The maximum absolute atomic E-state index is 12.8. The molecule has 1 heterocycles. The molecule has 0 radical (unpaired) electrons. The highest BCUT2D eigenvalue weighted by Crippen LogP contribution is 2.55. The van der Waals surface area contributed by atoms with E-state index in [9.17, 15) is 9.59 Å². The van der Waals surface area contributed by atoms with E-state index in [1.807, 2.05) is 12.1 Å². The number of aromatic nitrogens is 2. The van der Waals surface area contributed by atoms with Gasteiger partial charge in [-0.2, -0.15) is 5.10 Å². The van der Waals surface area contributed by atoms with Crippen molar-refractivity contribution in [3.63, 3.8) is 0 Å². The van der Waals surface area contributed by atoms with E-state index in [1.54, 1.807) is 18.2 Å². The average Bonchev–Trinajstić information content (AvgIpc) is 2.62. The Kier molecular flexibility index (Phi) is 4.31. The predicted octanol–water partition coefficient (Wildman–Crippen LogP) is 3.65. The fourth-order valence-electron chi connectivity index (χ4n) is 6.07. The summed E-state index contributed by atoms with van der Waals surface area (Å²) in [6.07, 6.45) is 7.28. The largest absolute Gasteiger partial charge is 0.349 e. The van der Waals surface area contributed by atoms with Crippen LogP contribution in [0, 0.1) is 17.8 Å². The SMILES string of the molecule is O=C(Cn1nc(-c2ccc(Cl)cc2)ccc1=O)NC12CC3CC(CC(C3)C1)C2. The van der Waals surface area contributed by atoms with Gasteiger partial charge in [-0.25, -0.2) is 4.68 Å². The van der Waals surface area contributed by atoms with Gasteiger partial charge in [-0.1, -0.05) is 23.7 Å². The van der Waals surface area contributed by atoms with E-state index >= 15 is 0 Å². The molecule has 0 aliphatic heterocycles. The van der Waals surface area contributed by atoms with Gasteiger partial charge in [0.25, 0.3) is 5.56 Å². The molecule has 2 aromatic rings. The van der Waals surface area contributed by atoms with Crippen LogP contribution >= 0.6 is 11.6 Å². The molecule has 0 unspecified atom stereocenters. The molecule has 6 rings (SSSR count). The van der Waals surface area contributed by atoms with Crippen molar-refractivity contribution in [3.05, 3.63) is 51.8 Å². The Hall–Kier alpha value is -2.14. The third-order valence-electron chi connectivity index (χ3n) is 6.74. The summed E-state index contributed by atoms with van der Waals surface area (Å²) in [6.45, 7) is -0.0397. The molecule has 1 N–H and O–H groups in total. The molecule has 1 aromatic heterocycles. The van der Waals surface area contributed by atoms with Gasteiger partial charge in [0.05, 0.1) is 5.69 Å². The van der Waals surface area contributed by atoms with Crippen molar-refractivity contribution in [2.45, 2.75) is 50.6 Å². The molecule has 4 bridgehead atoms. The Bertz CT molecular complexity index is 931. The quantitative estimate of drug-likeness (QED) is 0.856. The predicted molar refractivity (Wildman–Crippen MR) is 108 cm³/mol. The first-order valence-corrected chi connectivity index (χ1v) is 10.5. The van der Waals surface area contributed by atoms with E-state index in [0.29, 0.717) is 10.7 Å². The van der Waals surface area contributed by atoms with Gasteiger partial charge in [-0.3, -0.25) is 9.59 Å². The lowest BCUT2D eigenvalue weighted by molar-refractivity contribution is -0.127. The van der Waals surface area contributed by atoms with Crippen LogP contribution in [0.2, 0.25) is 5.02 Å². The smallest absolute Gasteiger partial charge is 0.267 e. The second-order valence-corrected chi connectivity index (χ2v) is 9.40. The second-order valence-electron chi connectivity index (χ2n) is 8.97. The molecule has 146 valence electrons. The van der Waals surface area contributed by atoms with Gasteiger partial charge in [0.1, 0.15) is 6.54 Å². The zero-order valence-corrected chi connectivity index (χ0v) is 16.5. The number of rotatable bonds is 4.